The van der Waals surface area contributed by atoms with Gasteiger partial charge in [0.15, 0.2) is 0 Å². The van der Waals surface area contributed by atoms with Crippen LogP contribution in [0.3, 0.4) is 0 Å². The predicted octanol–water partition coefficient (Wildman–Crippen LogP) is 1.72. The van der Waals surface area contributed by atoms with Crippen LogP contribution >= 0.6 is 11.3 Å². The molecule has 0 aliphatic carbocycles. The number of nitrogens with one attached hydrogen (secondary N) is 2. The van der Waals surface area contributed by atoms with Gasteiger partial charge in [0.1, 0.15) is 0 Å². The van der Waals surface area contributed by atoms with Gasteiger partial charge in [-0.25, -0.2) is 9.59 Å². The summed E-state index contributed by atoms with van der Waals surface area (Å²) in [6.07, 6.45) is 0. The van der Waals surface area contributed by atoms with Crippen LogP contribution in [-0.2, 0) is 9.53 Å². The average Bonchev–Trinajstić information content (AvgIpc) is 2.81. The zero-order chi connectivity index (χ0) is 13.1. The lowest BCUT2D eigenvalue weighted by Gasteiger charge is -2.26. The summed E-state index contributed by atoms with van der Waals surface area (Å²) in [4.78, 5) is 24.3. The van der Waals surface area contributed by atoms with Gasteiger partial charge in [0, 0.05) is 0 Å². The first kappa shape index (κ1) is 12.6. The summed E-state index contributed by atoms with van der Waals surface area (Å²) in [5.41, 5.74) is 0.999. The van der Waals surface area contributed by atoms with Crippen LogP contribution in [-0.4, -0.2) is 24.6 Å². The van der Waals surface area contributed by atoms with E-state index in [4.69, 9.17) is 4.74 Å². The lowest BCUT2D eigenvalue weighted by atomic mass is 10.0. The second-order valence-corrected chi connectivity index (χ2v) is 4.75. The Morgan fingerprint density at radius 2 is 2.33 bits per heavy atom. The van der Waals surface area contributed by atoms with Gasteiger partial charge in [-0.2, -0.15) is 0 Å². The fourth-order valence-corrected chi connectivity index (χ4v) is 2.54. The molecule has 1 atom stereocenters. The maximum absolute atomic E-state index is 12.0. The highest BCUT2D eigenvalue weighted by molar-refractivity contribution is 7.11. The lowest BCUT2D eigenvalue weighted by molar-refractivity contribution is -0.138. The van der Waals surface area contributed by atoms with E-state index in [0.29, 0.717) is 17.9 Å². The normalized spacial score (nSPS) is 19.2. The molecule has 1 aromatic rings. The van der Waals surface area contributed by atoms with Crippen LogP contribution in [0.1, 0.15) is 18.7 Å². The summed E-state index contributed by atoms with van der Waals surface area (Å²) in [6, 6.07) is 3.06. The van der Waals surface area contributed by atoms with Crippen LogP contribution in [0.2, 0.25) is 0 Å². The summed E-state index contributed by atoms with van der Waals surface area (Å²) >= 11 is 1.46. The van der Waals surface area contributed by atoms with Crippen molar-refractivity contribution in [1.82, 2.24) is 10.6 Å². The summed E-state index contributed by atoms with van der Waals surface area (Å²) in [5, 5.41) is 7.23. The van der Waals surface area contributed by atoms with E-state index in [0.717, 1.165) is 4.88 Å². The van der Waals surface area contributed by atoms with Gasteiger partial charge in [-0.15, -0.1) is 11.3 Å². The molecule has 0 aromatic carbocycles. The molecule has 0 spiro atoms. The Bertz CT molecular complexity index is 493. The molecule has 1 unspecified atom stereocenters. The number of ether oxygens (including phenoxy) is 1. The molecule has 1 aliphatic rings. The second-order valence-electron chi connectivity index (χ2n) is 3.81. The van der Waals surface area contributed by atoms with E-state index in [-0.39, 0.29) is 12.1 Å². The summed E-state index contributed by atoms with van der Waals surface area (Å²) in [5.74, 6) is -0.402. The third kappa shape index (κ3) is 2.38. The van der Waals surface area contributed by atoms with E-state index in [9.17, 15) is 9.59 Å². The molecular formula is C12H14N2O3S. The highest BCUT2D eigenvalue weighted by Crippen LogP contribution is 2.26. The van der Waals surface area contributed by atoms with Crippen molar-refractivity contribution in [3.8, 4) is 0 Å². The first-order valence-electron chi connectivity index (χ1n) is 5.66. The molecule has 1 aliphatic heterocycles. The Labute approximate surface area is 109 Å². The van der Waals surface area contributed by atoms with Crippen molar-refractivity contribution in [3.05, 3.63) is 28.0 Å². The molecule has 2 rings (SSSR count). The summed E-state index contributed by atoms with van der Waals surface area (Å²) in [7, 11) is 0. The molecule has 6 heteroatoms. The van der Waals surface area contributed by atoms with E-state index >= 15 is 0 Å². The molecule has 2 N–H and O–H groups in total. The highest BCUT2D eigenvalue weighted by atomic mass is 32.1. The quantitative estimate of drug-likeness (QED) is 0.819. The third-order valence-corrected chi connectivity index (χ3v) is 3.44. The van der Waals surface area contributed by atoms with Crippen molar-refractivity contribution in [2.24, 2.45) is 0 Å². The van der Waals surface area contributed by atoms with Gasteiger partial charge >= 0.3 is 12.0 Å². The number of hydrogen-bond donors (Lipinski definition) is 2. The molecule has 1 aromatic heterocycles. The minimum absolute atomic E-state index is 0.306. The standard InChI is InChI=1S/C12H14N2O3S/c1-3-17-11(15)9-7(2)13-12(16)14-10(9)8-5-4-6-18-8/h4-7H,3H2,1-2H3,(H2,13,14,16). The number of carbonyl (C=O) groups excluding carboxylic acids is 2. The molecule has 2 amide bonds. The fourth-order valence-electron chi connectivity index (χ4n) is 1.81. The minimum Gasteiger partial charge on any atom is -0.463 e. The zero-order valence-corrected chi connectivity index (χ0v) is 11.0. The van der Waals surface area contributed by atoms with E-state index in [1.165, 1.54) is 11.3 Å². The monoisotopic (exact) mass is 266 g/mol. The predicted molar refractivity (Wildman–Crippen MR) is 69.0 cm³/mol. The third-order valence-electron chi connectivity index (χ3n) is 2.55. The molecule has 96 valence electrons. The van der Waals surface area contributed by atoms with Crippen LogP contribution < -0.4 is 10.6 Å². The number of thiophene rings is 1. The van der Waals surface area contributed by atoms with E-state index in [2.05, 4.69) is 10.6 Å². The highest BCUT2D eigenvalue weighted by Gasteiger charge is 2.30. The molecule has 18 heavy (non-hydrogen) atoms. The Balaban J connectivity index is 2.46. The number of urea groups is 1. The van der Waals surface area contributed by atoms with Crippen LogP contribution in [0.15, 0.2) is 23.1 Å². The summed E-state index contributed by atoms with van der Waals surface area (Å²) < 4.78 is 5.03. The minimum atomic E-state index is -0.402. The van der Waals surface area contributed by atoms with Crippen LogP contribution in [0.25, 0.3) is 5.70 Å². The molecule has 2 heterocycles. The van der Waals surface area contributed by atoms with Crippen LogP contribution in [0.5, 0.6) is 0 Å². The number of hydrogen-bond acceptors (Lipinski definition) is 4. The molecule has 0 saturated heterocycles. The Morgan fingerprint density at radius 3 is 2.94 bits per heavy atom. The summed E-state index contributed by atoms with van der Waals surface area (Å²) in [6.45, 7) is 3.82. The van der Waals surface area contributed by atoms with E-state index in [1.807, 2.05) is 17.5 Å². The van der Waals surface area contributed by atoms with Crippen molar-refractivity contribution < 1.29 is 14.3 Å². The zero-order valence-electron chi connectivity index (χ0n) is 10.1. The van der Waals surface area contributed by atoms with Gasteiger partial charge in [-0.05, 0) is 25.3 Å². The fraction of sp³-hybridized carbons (Fsp3) is 0.333. The van der Waals surface area contributed by atoms with E-state index in [1.54, 1.807) is 13.8 Å². The van der Waals surface area contributed by atoms with Gasteiger partial charge in [0.2, 0.25) is 0 Å². The molecule has 0 radical (unpaired) electrons. The molecule has 5 nitrogen and oxygen atoms in total. The van der Waals surface area contributed by atoms with Crippen LogP contribution in [0, 0.1) is 0 Å². The molecule has 0 saturated carbocycles. The average molecular weight is 266 g/mol. The maximum Gasteiger partial charge on any atom is 0.338 e. The van der Waals surface area contributed by atoms with Crippen molar-refractivity contribution in [2.45, 2.75) is 19.9 Å². The van der Waals surface area contributed by atoms with Crippen molar-refractivity contribution >= 4 is 29.0 Å². The second kappa shape index (κ2) is 5.22. The smallest absolute Gasteiger partial charge is 0.338 e. The van der Waals surface area contributed by atoms with Crippen molar-refractivity contribution in [3.63, 3.8) is 0 Å². The van der Waals surface area contributed by atoms with Crippen molar-refractivity contribution in [1.29, 1.82) is 0 Å². The van der Waals surface area contributed by atoms with Crippen molar-refractivity contribution in [2.75, 3.05) is 6.61 Å². The number of esters is 1. The van der Waals surface area contributed by atoms with Gasteiger partial charge in [-0.1, -0.05) is 6.07 Å². The Hall–Kier alpha value is -1.82. The van der Waals surface area contributed by atoms with E-state index < -0.39 is 5.97 Å². The maximum atomic E-state index is 12.0. The number of amides is 2. The van der Waals surface area contributed by atoms with Gasteiger partial charge in [0.25, 0.3) is 0 Å². The topological polar surface area (TPSA) is 67.4 Å². The SMILES string of the molecule is CCOC(=O)C1=C(c2cccs2)NC(=O)NC1C. The molecular weight excluding hydrogens is 252 g/mol. The lowest BCUT2D eigenvalue weighted by Crippen LogP contribution is -2.48. The van der Waals surface area contributed by atoms with Crippen LogP contribution in [0.4, 0.5) is 4.79 Å². The van der Waals surface area contributed by atoms with Gasteiger partial charge in [0.05, 0.1) is 28.8 Å². The van der Waals surface area contributed by atoms with Gasteiger partial charge in [-0.3, -0.25) is 0 Å². The van der Waals surface area contributed by atoms with Gasteiger partial charge < -0.3 is 15.4 Å². The Kier molecular flexibility index (Phi) is 3.66. The number of carbonyl (C=O) groups is 2. The molecule has 0 bridgehead atoms. The molecule has 0 fully saturated rings. The first-order valence-corrected chi connectivity index (χ1v) is 6.54. The first-order chi connectivity index (χ1) is 8.63. The largest absolute Gasteiger partial charge is 0.463 e. The number of rotatable bonds is 3. The Morgan fingerprint density at radius 1 is 1.56 bits per heavy atom.